The molecule has 68 valence electrons. The molecule has 0 saturated heterocycles. The van der Waals surface area contributed by atoms with Gasteiger partial charge in [-0.2, -0.15) is 5.10 Å². The van der Waals surface area contributed by atoms with Crippen LogP contribution in [0.15, 0.2) is 47.5 Å². The molecule has 3 aromatic rings. The van der Waals surface area contributed by atoms with E-state index in [0.717, 1.165) is 16.9 Å². The van der Waals surface area contributed by atoms with Gasteiger partial charge >= 0.3 is 0 Å². The van der Waals surface area contributed by atoms with Crippen LogP contribution in [-0.4, -0.2) is 14.6 Å². The number of hydrogen-bond acceptors (Lipinski definition) is 3. The van der Waals surface area contributed by atoms with E-state index in [9.17, 15) is 0 Å². The van der Waals surface area contributed by atoms with Crippen LogP contribution in [0, 0.1) is 0 Å². The van der Waals surface area contributed by atoms with Crippen LogP contribution in [0.3, 0.4) is 0 Å². The summed E-state index contributed by atoms with van der Waals surface area (Å²) in [5.74, 6) is 0. The average molecular weight is 185 g/mol. The molecule has 0 amide bonds. The summed E-state index contributed by atoms with van der Waals surface area (Å²) >= 11 is 0. The summed E-state index contributed by atoms with van der Waals surface area (Å²) in [4.78, 5) is 4.18. The predicted molar refractivity (Wildman–Crippen MR) is 50.7 cm³/mol. The van der Waals surface area contributed by atoms with Crippen LogP contribution in [0.1, 0.15) is 0 Å². The highest BCUT2D eigenvalue weighted by atomic mass is 16.3. The van der Waals surface area contributed by atoms with Gasteiger partial charge in [0.05, 0.1) is 24.4 Å². The summed E-state index contributed by atoms with van der Waals surface area (Å²) in [5.41, 5.74) is 2.82. The average Bonchev–Trinajstić information content (AvgIpc) is 2.88. The van der Waals surface area contributed by atoms with Gasteiger partial charge < -0.3 is 4.42 Å². The molecular formula is C10H7N3O. The van der Waals surface area contributed by atoms with E-state index < -0.39 is 0 Å². The largest absolute Gasteiger partial charge is 0.472 e. The SMILES string of the molecule is c1cc(-c2ccoc2)n2nccc2n1. The Morgan fingerprint density at radius 3 is 3.00 bits per heavy atom. The Kier molecular flexibility index (Phi) is 1.41. The van der Waals surface area contributed by atoms with Crippen molar-refractivity contribution in [3.8, 4) is 11.3 Å². The molecule has 0 spiro atoms. The number of rotatable bonds is 1. The first-order valence-corrected chi connectivity index (χ1v) is 4.26. The van der Waals surface area contributed by atoms with Crippen molar-refractivity contribution in [3.05, 3.63) is 43.1 Å². The van der Waals surface area contributed by atoms with Crippen molar-refractivity contribution in [2.75, 3.05) is 0 Å². The number of fused-ring (bicyclic) bond motifs is 1. The fourth-order valence-corrected chi connectivity index (χ4v) is 1.46. The van der Waals surface area contributed by atoms with Crippen LogP contribution in [0.25, 0.3) is 16.9 Å². The van der Waals surface area contributed by atoms with E-state index >= 15 is 0 Å². The van der Waals surface area contributed by atoms with Crippen molar-refractivity contribution < 1.29 is 4.42 Å². The van der Waals surface area contributed by atoms with E-state index in [4.69, 9.17) is 4.42 Å². The maximum atomic E-state index is 5.03. The minimum atomic E-state index is 0.837. The van der Waals surface area contributed by atoms with Gasteiger partial charge in [0.2, 0.25) is 0 Å². The summed E-state index contributed by atoms with van der Waals surface area (Å²) in [7, 11) is 0. The molecule has 0 N–H and O–H groups in total. The van der Waals surface area contributed by atoms with E-state index in [-0.39, 0.29) is 0 Å². The first kappa shape index (κ1) is 7.32. The highest BCUT2D eigenvalue weighted by molar-refractivity contribution is 5.60. The van der Waals surface area contributed by atoms with Crippen molar-refractivity contribution in [2.45, 2.75) is 0 Å². The molecule has 4 nitrogen and oxygen atoms in total. The molecule has 0 fully saturated rings. The van der Waals surface area contributed by atoms with Gasteiger partial charge in [-0.05, 0) is 12.1 Å². The molecule has 0 saturated carbocycles. The van der Waals surface area contributed by atoms with Crippen molar-refractivity contribution in [3.63, 3.8) is 0 Å². The molecule has 0 unspecified atom stereocenters. The third-order valence-corrected chi connectivity index (χ3v) is 2.11. The van der Waals surface area contributed by atoms with Crippen molar-refractivity contribution in [1.29, 1.82) is 0 Å². The first-order chi connectivity index (χ1) is 6.95. The summed E-state index contributed by atoms with van der Waals surface area (Å²) < 4.78 is 6.82. The Morgan fingerprint density at radius 2 is 2.14 bits per heavy atom. The molecule has 0 aliphatic heterocycles. The third kappa shape index (κ3) is 0.939. The van der Waals surface area contributed by atoms with Crippen LogP contribution < -0.4 is 0 Å². The topological polar surface area (TPSA) is 43.3 Å². The normalized spacial score (nSPS) is 10.9. The fraction of sp³-hybridized carbons (Fsp3) is 0. The molecule has 14 heavy (non-hydrogen) atoms. The molecule has 0 aliphatic rings. The summed E-state index contributed by atoms with van der Waals surface area (Å²) in [6, 6.07) is 5.67. The maximum absolute atomic E-state index is 5.03. The van der Waals surface area contributed by atoms with Gasteiger partial charge in [0.15, 0.2) is 5.65 Å². The fourth-order valence-electron chi connectivity index (χ4n) is 1.46. The summed E-state index contributed by atoms with van der Waals surface area (Å²) in [6.07, 6.45) is 6.83. The van der Waals surface area contributed by atoms with Crippen LogP contribution >= 0.6 is 0 Å². The predicted octanol–water partition coefficient (Wildman–Crippen LogP) is 1.99. The minimum Gasteiger partial charge on any atom is -0.472 e. The molecule has 3 heterocycles. The number of nitrogens with zero attached hydrogens (tertiary/aromatic N) is 3. The molecule has 0 bridgehead atoms. The number of hydrogen-bond donors (Lipinski definition) is 0. The van der Waals surface area contributed by atoms with E-state index in [1.807, 2.05) is 18.2 Å². The van der Waals surface area contributed by atoms with Gasteiger partial charge in [-0.1, -0.05) is 0 Å². The number of furan rings is 1. The smallest absolute Gasteiger partial charge is 0.155 e. The second-order valence-electron chi connectivity index (χ2n) is 2.94. The zero-order chi connectivity index (χ0) is 9.38. The monoisotopic (exact) mass is 185 g/mol. The first-order valence-electron chi connectivity index (χ1n) is 4.26. The third-order valence-electron chi connectivity index (χ3n) is 2.11. The van der Waals surface area contributed by atoms with Crippen molar-refractivity contribution in [2.24, 2.45) is 0 Å². The second-order valence-corrected chi connectivity index (χ2v) is 2.94. The highest BCUT2D eigenvalue weighted by Crippen LogP contribution is 2.18. The Labute approximate surface area is 79.8 Å². The molecule has 0 aliphatic carbocycles. The summed E-state index contributed by atoms with van der Waals surface area (Å²) in [6.45, 7) is 0. The second kappa shape index (κ2) is 2.70. The van der Waals surface area contributed by atoms with Crippen molar-refractivity contribution in [1.82, 2.24) is 14.6 Å². The van der Waals surface area contributed by atoms with Gasteiger partial charge in [-0.15, -0.1) is 0 Å². The molecule has 0 aromatic carbocycles. The van der Waals surface area contributed by atoms with Crippen LogP contribution in [0.4, 0.5) is 0 Å². The zero-order valence-corrected chi connectivity index (χ0v) is 7.29. The van der Waals surface area contributed by atoms with Crippen LogP contribution in [0.5, 0.6) is 0 Å². The number of aromatic nitrogens is 3. The Morgan fingerprint density at radius 1 is 1.14 bits per heavy atom. The minimum absolute atomic E-state index is 0.837. The molecule has 0 radical (unpaired) electrons. The molecule has 3 aromatic heterocycles. The molecule has 0 atom stereocenters. The van der Waals surface area contributed by atoms with Gasteiger partial charge in [0, 0.05) is 17.8 Å². The van der Waals surface area contributed by atoms with E-state index in [1.165, 1.54) is 0 Å². The van der Waals surface area contributed by atoms with Gasteiger partial charge in [-0.3, -0.25) is 0 Å². The van der Waals surface area contributed by atoms with E-state index in [2.05, 4.69) is 10.1 Å². The van der Waals surface area contributed by atoms with Gasteiger partial charge in [0.1, 0.15) is 0 Å². The Hall–Kier alpha value is -2.10. The Balaban J connectivity index is 2.36. The van der Waals surface area contributed by atoms with Gasteiger partial charge in [-0.25, -0.2) is 9.50 Å². The Bertz CT molecular complexity index is 554. The van der Waals surface area contributed by atoms with Crippen molar-refractivity contribution >= 4 is 5.65 Å². The van der Waals surface area contributed by atoms with Crippen LogP contribution in [-0.2, 0) is 0 Å². The van der Waals surface area contributed by atoms with E-state index in [1.54, 1.807) is 29.4 Å². The quantitative estimate of drug-likeness (QED) is 0.582. The maximum Gasteiger partial charge on any atom is 0.155 e. The van der Waals surface area contributed by atoms with Gasteiger partial charge in [0.25, 0.3) is 0 Å². The lowest BCUT2D eigenvalue weighted by Gasteiger charge is -1.99. The molecule has 4 heteroatoms. The lowest BCUT2D eigenvalue weighted by Crippen LogP contribution is -1.93. The highest BCUT2D eigenvalue weighted by Gasteiger charge is 2.04. The lowest BCUT2D eigenvalue weighted by atomic mass is 10.2. The lowest BCUT2D eigenvalue weighted by molar-refractivity contribution is 0.568. The van der Waals surface area contributed by atoms with E-state index in [0.29, 0.717) is 0 Å². The van der Waals surface area contributed by atoms with Crippen LogP contribution in [0.2, 0.25) is 0 Å². The standard InChI is InChI=1S/C10H7N3O/c1-4-11-10-2-5-12-13(10)9(1)8-3-6-14-7-8/h1-7H. The summed E-state index contributed by atoms with van der Waals surface area (Å²) in [5, 5.41) is 4.19. The molecule has 3 rings (SSSR count). The zero-order valence-electron chi connectivity index (χ0n) is 7.29. The molecular weight excluding hydrogens is 178 g/mol.